The Kier molecular flexibility index (Phi) is 4.06. The second-order valence-corrected chi connectivity index (χ2v) is 5.35. The first kappa shape index (κ1) is 13.8. The van der Waals surface area contributed by atoms with Crippen molar-refractivity contribution in [1.29, 1.82) is 0 Å². The van der Waals surface area contributed by atoms with Crippen LogP contribution < -0.4 is 0 Å². The molecule has 0 saturated carbocycles. The summed E-state index contributed by atoms with van der Waals surface area (Å²) in [5, 5.41) is 0.543. The second-order valence-electron chi connectivity index (χ2n) is 4.94. The summed E-state index contributed by atoms with van der Waals surface area (Å²) >= 11 is 6.18. The van der Waals surface area contributed by atoms with Gasteiger partial charge in [0.2, 0.25) is 0 Å². The van der Waals surface area contributed by atoms with E-state index in [-0.39, 0.29) is 5.78 Å². The van der Waals surface area contributed by atoms with Gasteiger partial charge in [0, 0.05) is 12.0 Å². The topological polar surface area (TPSA) is 17.1 Å². The van der Waals surface area contributed by atoms with Crippen LogP contribution >= 0.6 is 11.6 Å². The van der Waals surface area contributed by atoms with Gasteiger partial charge in [0.1, 0.15) is 0 Å². The van der Waals surface area contributed by atoms with Crippen LogP contribution in [0.5, 0.6) is 0 Å². The number of carbonyl (C=O) groups excluding carboxylic acids is 1. The zero-order chi connectivity index (χ0) is 14.0. The molecule has 0 aromatic heterocycles. The number of carbonyl (C=O) groups is 1. The van der Waals surface area contributed by atoms with Gasteiger partial charge < -0.3 is 0 Å². The molecule has 1 nitrogen and oxygen atoms in total. The first-order valence-corrected chi connectivity index (χ1v) is 6.71. The molecule has 0 aliphatic carbocycles. The van der Waals surface area contributed by atoms with Crippen molar-refractivity contribution in [1.82, 2.24) is 0 Å². The summed E-state index contributed by atoms with van der Waals surface area (Å²) in [7, 11) is 0. The van der Waals surface area contributed by atoms with E-state index < -0.39 is 0 Å². The van der Waals surface area contributed by atoms with E-state index >= 15 is 0 Å². The number of Topliss-reactive ketones (excluding diaryl/α,β-unsaturated/α-hetero) is 1. The molecular formula is C17H17ClO. The molecule has 0 heterocycles. The summed E-state index contributed by atoms with van der Waals surface area (Å²) in [5.74, 6) is 0.0717. The van der Waals surface area contributed by atoms with Crippen LogP contribution in [0.15, 0.2) is 36.4 Å². The summed E-state index contributed by atoms with van der Waals surface area (Å²) in [5.41, 5.74) is 5.01. The molecule has 19 heavy (non-hydrogen) atoms. The molecule has 0 radical (unpaired) electrons. The van der Waals surface area contributed by atoms with Gasteiger partial charge in [0.05, 0.1) is 5.02 Å². The molecular weight excluding hydrogens is 256 g/mol. The van der Waals surface area contributed by atoms with Gasteiger partial charge in [-0.05, 0) is 55.2 Å². The Morgan fingerprint density at radius 2 is 1.63 bits per heavy atom. The molecule has 0 atom stereocenters. The van der Waals surface area contributed by atoms with Crippen LogP contribution in [-0.2, 0) is 6.42 Å². The summed E-state index contributed by atoms with van der Waals surface area (Å²) < 4.78 is 0. The monoisotopic (exact) mass is 272 g/mol. The van der Waals surface area contributed by atoms with Gasteiger partial charge in [0.15, 0.2) is 5.78 Å². The van der Waals surface area contributed by atoms with E-state index in [2.05, 4.69) is 0 Å². The maximum absolute atomic E-state index is 12.4. The van der Waals surface area contributed by atoms with Crippen molar-refractivity contribution in [3.8, 4) is 0 Å². The van der Waals surface area contributed by atoms with Crippen molar-refractivity contribution in [3.05, 3.63) is 69.2 Å². The highest BCUT2D eigenvalue weighted by molar-refractivity contribution is 6.34. The average molecular weight is 273 g/mol. The van der Waals surface area contributed by atoms with Gasteiger partial charge in [-0.2, -0.15) is 0 Å². The molecule has 0 aliphatic heterocycles. The molecule has 0 saturated heterocycles. The third-order valence-electron chi connectivity index (χ3n) is 3.50. The predicted molar refractivity (Wildman–Crippen MR) is 80.1 cm³/mol. The normalized spacial score (nSPS) is 10.5. The maximum atomic E-state index is 12.4. The minimum atomic E-state index is 0.0717. The van der Waals surface area contributed by atoms with E-state index in [0.717, 1.165) is 22.3 Å². The number of benzene rings is 2. The fourth-order valence-corrected chi connectivity index (χ4v) is 2.39. The number of hydrogen-bond donors (Lipinski definition) is 0. The number of aryl methyl sites for hydroxylation is 3. The van der Waals surface area contributed by atoms with Crippen LogP contribution in [0, 0.1) is 20.8 Å². The second kappa shape index (κ2) is 5.58. The lowest BCUT2D eigenvalue weighted by atomic mass is 9.97. The molecule has 98 valence electrons. The van der Waals surface area contributed by atoms with Gasteiger partial charge in [-0.1, -0.05) is 35.9 Å². The van der Waals surface area contributed by atoms with Crippen molar-refractivity contribution >= 4 is 17.4 Å². The Labute approximate surface area is 119 Å². The maximum Gasteiger partial charge on any atom is 0.168 e. The highest BCUT2D eigenvalue weighted by Gasteiger charge is 2.13. The molecule has 0 bridgehead atoms. The van der Waals surface area contributed by atoms with Gasteiger partial charge in [-0.3, -0.25) is 4.79 Å². The fourth-order valence-electron chi connectivity index (χ4n) is 2.07. The van der Waals surface area contributed by atoms with Crippen molar-refractivity contribution in [2.24, 2.45) is 0 Å². The van der Waals surface area contributed by atoms with E-state index in [9.17, 15) is 4.79 Å². The zero-order valence-electron chi connectivity index (χ0n) is 11.5. The third kappa shape index (κ3) is 3.05. The Balaban J connectivity index is 2.31. The van der Waals surface area contributed by atoms with Crippen molar-refractivity contribution in [3.63, 3.8) is 0 Å². The first-order chi connectivity index (χ1) is 8.99. The molecule has 0 unspecified atom stereocenters. The molecule has 0 N–H and O–H groups in total. The van der Waals surface area contributed by atoms with E-state index in [0.29, 0.717) is 17.0 Å². The summed E-state index contributed by atoms with van der Waals surface area (Å²) in [6.07, 6.45) is 0.398. The zero-order valence-corrected chi connectivity index (χ0v) is 12.2. The highest BCUT2D eigenvalue weighted by atomic mass is 35.5. The molecule has 2 rings (SSSR count). The van der Waals surface area contributed by atoms with E-state index in [1.54, 1.807) is 0 Å². The first-order valence-electron chi connectivity index (χ1n) is 6.33. The fraction of sp³-hybridized carbons (Fsp3) is 0.235. The van der Waals surface area contributed by atoms with Crippen LogP contribution in [0.3, 0.4) is 0 Å². The van der Waals surface area contributed by atoms with E-state index in [1.807, 2.05) is 57.2 Å². The smallest absolute Gasteiger partial charge is 0.168 e. The SMILES string of the molecule is Cc1cc(Cl)c(C(=O)Cc2ccccc2C)cc1C. The van der Waals surface area contributed by atoms with Gasteiger partial charge in [-0.25, -0.2) is 0 Å². The molecule has 2 aromatic rings. The van der Waals surface area contributed by atoms with E-state index in [4.69, 9.17) is 11.6 Å². The third-order valence-corrected chi connectivity index (χ3v) is 3.81. The highest BCUT2D eigenvalue weighted by Crippen LogP contribution is 2.23. The largest absolute Gasteiger partial charge is 0.294 e. The van der Waals surface area contributed by atoms with Crippen LogP contribution in [0.4, 0.5) is 0 Å². The van der Waals surface area contributed by atoms with Crippen LogP contribution in [0.1, 0.15) is 32.6 Å². The van der Waals surface area contributed by atoms with E-state index in [1.165, 1.54) is 0 Å². The number of halogens is 1. The minimum Gasteiger partial charge on any atom is -0.294 e. The Morgan fingerprint density at radius 3 is 2.32 bits per heavy atom. The molecule has 0 aliphatic rings. The Morgan fingerprint density at radius 1 is 1.00 bits per heavy atom. The predicted octanol–water partition coefficient (Wildman–Crippen LogP) is 4.69. The quantitative estimate of drug-likeness (QED) is 0.741. The van der Waals surface area contributed by atoms with Gasteiger partial charge >= 0.3 is 0 Å². The van der Waals surface area contributed by atoms with Crippen LogP contribution in [0.25, 0.3) is 0 Å². The molecule has 0 amide bonds. The Hall–Kier alpha value is -1.60. The number of rotatable bonds is 3. The van der Waals surface area contributed by atoms with Crippen molar-refractivity contribution in [2.75, 3.05) is 0 Å². The number of ketones is 1. The lowest BCUT2D eigenvalue weighted by Crippen LogP contribution is -2.06. The molecule has 0 spiro atoms. The van der Waals surface area contributed by atoms with Crippen LogP contribution in [-0.4, -0.2) is 5.78 Å². The summed E-state index contributed by atoms with van der Waals surface area (Å²) in [6, 6.07) is 11.7. The molecule has 2 aromatic carbocycles. The summed E-state index contributed by atoms with van der Waals surface area (Å²) in [4.78, 5) is 12.4. The number of hydrogen-bond acceptors (Lipinski definition) is 1. The van der Waals surface area contributed by atoms with Crippen molar-refractivity contribution < 1.29 is 4.79 Å². The molecule has 2 heteroatoms. The Bertz CT molecular complexity index is 629. The lowest BCUT2D eigenvalue weighted by Gasteiger charge is -2.09. The van der Waals surface area contributed by atoms with Gasteiger partial charge in [0.25, 0.3) is 0 Å². The minimum absolute atomic E-state index is 0.0717. The van der Waals surface area contributed by atoms with Crippen LogP contribution in [0.2, 0.25) is 5.02 Å². The standard InChI is InChI=1S/C17H17ClO/c1-11-6-4-5-7-14(11)10-17(19)15-8-12(2)13(3)9-16(15)18/h4-9H,10H2,1-3H3. The lowest BCUT2D eigenvalue weighted by molar-refractivity contribution is 0.0993. The average Bonchev–Trinajstić information content (AvgIpc) is 2.36. The van der Waals surface area contributed by atoms with Gasteiger partial charge in [-0.15, -0.1) is 0 Å². The molecule has 0 fully saturated rings. The van der Waals surface area contributed by atoms with Crippen molar-refractivity contribution in [2.45, 2.75) is 27.2 Å². The summed E-state index contributed by atoms with van der Waals surface area (Å²) in [6.45, 7) is 6.01.